The molecule has 0 bridgehead atoms. The number of nitrogens with zero attached hydrogens (tertiary/aromatic N) is 3. The Kier molecular flexibility index (Phi) is 9.25. The molecule has 0 aromatic heterocycles. The molecule has 0 radical (unpaired) electrons. The quantitative estimate of drug-likeness (QED) is 0.408. The number of aryl methyl sites for hydroxylation is 1. The summed E-state index contributed by atoms with van der Waals surface area (Å²) in [5, 5.41) is 0. The van der Waals surface area contributed by atoms with Crippen LogP contribution < -0.4 is 4.72 Å². The second-order valence-electron chi connectivity index (χ2n) is 11.0. The first-order valence-electron chi connectivity index (χ1n) is 14.6. The molecule has 1 aliphatic heterocycles. The Hall–Kier alpha value is -3.43. The van der Waals surface area contributed by atoms with Crippen molar-refractivity contribution >= 4 is 33.5 Å². The van der Waals surface area contributed by atoms with Crippen LogP contribution in [-0.4, -0.2) is 69.7 Å². The third kappa shape index (κ3) is 6.90. The van der Waals surface area contributed by atoms with E-state index in [0.29, 0.717) is 35.9 Å². The normalized spacial score (nSPS) is 20.3. The molecule has 1 heterocycles. The topological polar surface area (TPSA) is 91.3 Å². The second kappa shape index (κ2) is 13.0. The van der Waals surface area contributed by atoms with Crippen molar-refractivity contribution in [2.45, 2.75) is 56.4 Å². The molecule has 9 heteroatoms. The maximum absolute atomic E-state index is 13.3. The minimum Gasteiger partial charge on any atom is -0.375 e. The molecular weight excluding hydrogens is 536 g/mol. The zero-order valence-electron chi connectivity index (χ0n) is 24.0. The van der Waals surface area contributed by atoms with Crippen molar-refractivity contribution in [2.75, 3.05) is 38.0 Å². The van der Waals surface area contributed by atoms with Gasteiger partial charge in [-0.1, -0.05) is 43.5 Å². The highest BCUT2D eigenvalue weighted by atomic mass is 32.2. The van der Waals surface area contributed by atoms with Crippen LogP contribution in [0.3, 0.4) is 0 Å². The van der Waals surface area contributed by atoms with Crippen LogP contribution >= 0.6 is 0 Å². The Labute approximate surface area is 243 Å². The number of carbonyl (C=O) groups excluding carboxylic acids is 1. The molecule has 1 N–H and O–H groups in total. The average molecular weight is 577 g/mol. The summed E-state index contributed by atoms with van der Waals surface area (Å²) in [5.74, 6) is 0.338. The smallest absolute Gasteiger partial charge is 0.261 e. The lowest BCUT2D eigenvalue weighted by Crippen LogP contribution is -2.49. The molecule has 218 valence electrons. The summed E-state index contributed by atoms with van der Waals surface area (Å²) in [6, 6.07) is 11.7. The van der Waals surface area contributed by atoms with Gasteiger partial charge in [0.1, 0.15) is 6.10 Å². The molecule has 5 rings (SSSR count). The molecule has 41 heavy (non-hydrogen) atoms. The monoisotopic (exact) mass is 576 g/mol. The van der Waals surface area contributed by atoms with Crippen LogP contribution in [0.5, 0.6) is 0 Å². The first-order chi connectivity index (χ1) is 19.9. The van der Waals surface area contributed by atoms with Crippen LogP contribution in [0, 0.1) is 12.8 Å². The van der Waals surface area contributed by atoms with Gasteiger partial charge in [-0.05, 0) is 74.1 Å². The number of ether oxygens (including phenoxy) is 1. The summed E-state index contributed by atoms with van der Waals surface area (Å²) >= 11 is 0. The SMILES string of the molecule is COC1CC=CC=C1N1CCN(C(=O)c2ccc(S(=O)(=O)Nc3cccc(C)c3/N=C\C3CCCCC3)cc2)CC1. The Balaban J connectivity index is 1.23. The van der Waals surface area contributed by atoms with Crippen molar-refractivity contribution in [1.82, 2.24) is 9.80 Å². The van der Waals surface area contributed by atoms with Crippen LogP contribution in [0.15, 0.2) is 76.3 Å². The molecule has 1 saturated carbocycles. The number of piperazine rings is 1. The summed E-state index contributed by atoms with van der Waals surface area (Å²) in [7, 11) is -2.14. The molecule has 0 spiro atoms. The van der Waals surface area contributed by atoms with E-state index in [1.54, 1.807) is 25.3 Å². The fourth-order valence-electron chi connectivity index (χ4n) is 5.83. The number of aliphatic imine (C=N–C) groups is 1. The average Bonchev–Trinajstić information content (AvgIpc) is 3.01. The first kappa shape index (κ1) is 29.1. The van der Waals surface area contributed by atoms with Crippen molar-refractivity contribution < 1.29 is 17.9 Å². The summed E-state index contributed by atoms with van der Waals surface area (Å²) in [6.07, 6.45) is 15.1. The van der Waals surface area contributed by atoms with Gasteiger partial charge in [-0.15, -0.1) is 0 Å². The molecule has 1 amide bonds. The van der Waals surface area contributed by atoms with E-state index in [9.17, 15) is 13.2 Å². The van der Waals surface area contributed by atoms with Crippen molar-refractivity contribution in [2.24, 2.45) is 10.9 Å². The summed E-state index contributed by atoms with van der Waals surface area (Å²) in [5.41, 5.74) is 3.63. The van der Waals surface area contributed by atoms with E-state index in [-0.39, 0.29) is 16.9 Å². The molecule has 2 aromatic rings. The predicted molar refractivity (Wildman–Crippen MR) is 163 cm³/mol. The Bertz CT molecular complexity index is 1420. The maximum atomic E-state index is 13.3. The number of para-hydroxylation sites is 1. The highest BCUT2D eigenvalue weighted by Crippen LogP contribution is 2.32. The fourth-order valence-corrected chi connectivity index (χ4v) is 6.90. The van der Waals surface area contributed by atoms with Crippen molar-refractivity contribution in [3.05, 3.63) is 77.5 Å². The Morgan fingerprint density at radius 2 is 1.76 bits per heavy atom. The molecule has 3 aliphatic rings. The lowest BCUT2D eigenvalue weighted by atomic mass is 9.90. The lowest BCUT2D eigenvalue weighted by Gasteiger charge is -2.39. The van der Waals surface area contributed by atoms with Gasteiger partial charge in [-0.3, -0.25) is 14.5 Å². The molecule has 1 unspecified atom stereocenters. The van der Waals surface area contributed by atoms with Gasteiger partial charge >= 0.3 is 0 Å². The van der Waals surface area contributed by atoms with Crippen LogP contribution in [-0.2, 0) is 14.8 Å². The summed E-state index contributed by atoms with van der Waals surface area (Å²) in [6.45, 7) is 4.57. The first-order valence-corrected chi connectivity index (χ1v) is 16.0. The number of amides is 1. The predicted octanol–water partition coefficient (Wildman–Crippen LogP) is 5.70. The second-order valence-corrected chi connectivity index (χ2v) is 12.7. The number of sulfonamides is 1. The largest absolute Gasteiger partial charge is 0.375 e. The van der Waals surface area contributed by atoms with E-state index < -0.39 is 10.0 Å². The number of carbonyl (C=O) groups is 1. The lowest BCUT2D eigenvalue weighted by molar-refractivity contribution is 0.0589. The fraction of sp³-hybridized carbons (Fsp3) is 0.438. The minimum absolute atomic E-state index is 0.0462. The van der Waals surface area contributed by atoms with Crippen LogP contribution in [0.4, 0.5) is 11.4 Å². The van der Waals surface area contributed by atoms with Gasteiger partial charge in [-0.2, -0.15) is 0 Å². The van der Waals surface area contributed by atoms with Crippen molar-refractivity contribution in [3.8, 4) is 0 Å². The number of benzene rings is 2. The molecular formula is C32H40N4O4S. The van der Waals surface area contributed by atoms with Crippen LogP contribution in [0.2, 0.25) is 0 Å². The van der Waals surface area contributed by atoms with Gasteiger partial charge in [0.05, 0.1) is 16.3 Å². The van der Waals surface area contributed by atoms with E-state index >= 15 is 0 Å². The van der Waals surface area contributed by atoms with Gasteiger partial charge in [0, 0.05) is 50.8 Å². The maximum Gasteiger partial charge on any atom is 0.261 e. The standard InChI is InChI=1S/C32H40N4O4S/c1-24-9-8-12-28(31(24)33-23-25-10-4-3-5-11-25)34-41(38,39)27-17-15-26(16-18-27)32(37)36-21-19-35(20-22-36)29-13-6-7-14-30(29)40-2/h6-9,12-13,15-18,23,25,30,34H,3-5,10-11,14,19-22H2,1-2H3/b33-23-. The van der Waals surface area contributed by atoms with Crippen LogP contribution in [0.1, 0.15) is 54.4 Å². The number of nitrogens with one attached hydrogen (secondary N) is 1. The van der Waals surface area contributed by atoms with Gasteiger partial charge in [0.15, 0.2) is 0 Å². The number of rotatable bonds is 8. The van der Waals surface area contributed by atoms with Crippen LogP contribution in [0.25, 0.3) is 0 Å². The van der Waals surface area contributed by atoms with E-state index in [1.807, 2.05) is 30.2 Å². The Morgan fingerprint density at radius 1 is 1.02 bits per heavy atom. The summed E-state index contributed by atoms with van der Waals surface area (Å²) in [4.78, 5) is 22.1. The van der Waals surface area contributed by atoms with E-state index in [0.717, 1.165) is 43.6 Å². The van der Waals surface area contributed by atoms with E-state index in [4.69, 9.17) is 9.73 Å². The molecule has 2 aromatic carbocycles. The molecule has 8 nitrogen and oxygen atoms in total. The number of hydrogen-bond donors (Lipinski definition) is 1. The minimum atomic E-state index is -3.87. The van der Waals surface area contributed by atoms with Gasteiger partial charge < -0.3 is 14.5 Å². The van der Waals surface area contributed by atoms with Gasteiger partial charge in [0.25, 0.3) is 15.9 Å². The van der Waals surface area contributed by atoms with E-state index in [1.165, 1.54) is 31.4 Å². The number of methoxy groups -OCH3 is 1. The van der Waals surface area contributed by atoms with Crippen molar-refractivity contribution in [3.63, 3.8) is 0 Å². The number of anilines is 1. The van der Waals surface area contributed by atoms with Gasteiger partial charge in [0.2, 0.25) is 0 Å². The Morgan fingerprint density at radius 3 is 2.46 bits per heavy atom. The zero-order chi connectivity index (χ0) is 28.8. The molecule has 2 fully saturated rings. The number of hydrogen-bond acceptors (Lipinski definition) is 6. The zero-order valence-corrected chi connectivity index (χ0v) is 24.8. The number of allylic oxidation sites excluding steroid dienone is 2. The third-order valence-corrected chi connectivity index (χ3v) is 9.64. The summed E-state index contributed by atoms with van der Waals surface area (Å²) < 4.78 is 35.0. The molecule has 2 aliphatic carbocycles. The third-order valence-electron chi connectivity index (χ3n) is 8.26. The van der Waals surface area contributed by atoms with Crippen molar-refractivity contribution in [1.29, 1.82) is 0 Å². The molecule has 1 atom stereocenters. The highest BCUT2D eigenvalue weighted by Gasteiger charge is 2.27. The van der Waals surface area contributed by atoms with Gasteiger partial charge in [-0.25, -0.2) is 8.42 Å². The molecule has 1 saturated heterocycles. The highest BCUT2D eigenvalue weighted by molar-refractivity contribution is 7.92. The van der Waals surface area contributed by atoms with E-state index in [2.05, 4.69) is 27.9 Å².